The zero-order valence-corrected chi connectivity index (χ0v) is 9.90. The Hall–Kier alpha value is -0.610. The van der Waals surface area contributed by atoms with E-state index in [9.17, 15) is 4.39 Å². The fourth-order valence-corrected chi connectivity index (χ4v) is 2.31. The summed E-state index contributed by atoms with van der Waals surface area (Å²) in [6.07, 6.45) is 3.09. The Morgan fingerprint density at radius 1 is 1.33 bits per heavy atom. The van der Waals surface area contributed by atoms with E-state index in [1.54, 1.807) is 16.9 Å². The van der Waals surface area contributed by atoms with Crippen molar-refractivity contribution in [2.45, 2.75) is 13.0 Å². The van der Waals surface area contributed by atoms with Crippen molar-refractivity contribution in [3.05, 3.63) is 36.3 Å². The monoisotopic (exact) mass is 241 g/mol. The van der Waals surface area contributed by atoms with Crippen molar-refractivity contribution in [3.63, 3.8) is 0 Å². The molecule has 0 fully saturated rings. The number of hydrogen-bond acceptors (Lipinski definition) is 2. The Labute approximate surface area is 97.5 Å². The summed E-state index contributed by atoms with van der Waals surface area (Å²) < 4.78 is 15.1. The molecule has 1 nitrogen and oxygen atoms in total. The van der Waals surface area contributed by atoms with Crippen LogP contribution < -0.4 is 0 Å². The summed E-state index contributed by atoms with van der Waals surface area (Å²) in [4.78, 5) is 0. The Bertz CT molecular complexity index is 453. The predicted octanol–water partition coefficient (Wildman–Crippen LogP) is 3.75. The molecule has 2 rings (SSSR count). The lowest BCUT2D eigenvalue weighted by Gasteiger charge is -2.03. The molecular weight excluding hydrogens is 229 g/mol. The molecule has 0 atom stereocenters. The van der Waals surface area contributed by atoms with Crippen LogP contribution in [0.25, 0.3) is 10.9 Å². The molecule has 0 unspecified atom stereocenters. The summed E-state index contributed by atoms with van der Waals surface area (Å²) in [5.74, 6) is 0.857. The zero-order valence-electron chi connectivity index (χ0n) is 8.19. The van der Waals surface area contributed by atoms with Crippen LogP contribution in [0.5, 0.6) is 0 Å². The summed E-state index contributed by atoms with van der Waals surface area (Å²) in [6.45, 7) is 0.961. The van der Waals surface area contributed by atoms with E-state index in [1.165, 1.54) is 6.07 Å². The molecule has 0 aliphatic rings. The summed E-state index contributed by atoms with van der Waals surface area (Å²) in [5.41, 5.74) is 1.10. The van der Waals surface area contributed by atoms with E-state index in [1.807, 2.05) is 18.3 Å². The van der Waals surface area contributed by atoms with Crippen molar-refractivity contribution < 1.29 is 4.39 Å². The minimum atomic E-state index is -0.175. The van der Waals surface area contributed by atoms with Gasteiger partial charge in [0.25, 0.3) is 0 Å². The summed E-state index contributed by atoms with van der Waals surface area (Å²) in [7, 11) is 1.55. The lowest BCUT2D eigenvalue weighted by atomic mass is 10.2. The van der Waals surface area contributed by atoms with Gasteiger partial charge < -0.3 is 4.57 Å². The molecule has 1 aromatic carbocycles. The third kappa shape index (κ3) is 2.49. The number of benzene rings is 1. The molecule has 0 bridgehead atoms. The Morgan fingerprint density at radius 2 is 2.20 bits per heavy atom. The number of fused-ring (bicyclic) bond motifs is 1. The van der Waals surface area contributed by atoms with Crippen LogP contribution in [0.4, 0.5) is 4.39 Å². The molecule has 4 heteroatoms. The first-order valence-corrected chi connectivity index (χ1v) is 6.86. The van der Waals surface area contributed by atoms with Gasteiger partial charge in [0.2, 0.25) is 0 Å². The normalized spacial score (nSPS) is 11.1. The van der Waals surface area contributed by atoms with E-state index in [2.05, 4.69) is 16.2 Å². The first-order valence-electron chi connectivity index (χ1n) is 4.82. The van der Waals surface area contributed by atoms with Gasteiger partial charge in [-0.2, -0.15) is 0 Å². The molecule has 1 heterocycles. The highest BCUT2D eigenvalue weighted by Crippen LogP contribution is 2.18. The Balaban J connectivity index is 2.21. The largest absolute Gasteiger partial charge is 0.347 e. The number of aryl methyl sites for hydroxylation is 1. The van der Waals surface area contributed by atoms with Gasteiger partial charge in [-0.05, 0) is 30.7 Å². The van der Waals surface area contributed by atoms with Crippen LogP contribution >= 0.6 is 22.5 Å². The number of hydrogen-bond donors (Lipinski definition) is 1. The molecule has 1 aromatic heterocycles. The highest BCUT2D eigenvalue weighted by atomic mass is 33.1. The molecule has 0 amide bonds. The quantitative estimate of drug-likeness (QED) is 0.485. The van der Waals surface area contributed by atoms with Crippen molar-refractivity contribution in [2.75, 3.05) is 5.75 Å². The lowest BCUT2D eigenvalue weighted by molar-refractivity contribution is 0.629. The SMILES string of the molecule is Fc1ccc2c(ccn2CCCSS)c1. The minimum Gasteiger partial charge on any atom is -0.347 e. The second-order valence-electron chi connectivity index (χ2n) is 3.40. The second-order valence-corrected chi connectivity index (χ2v) is 4.84. The fourth-order valence-electron chi connectivity index (χ4n) is 1.67. The Morgan fingerprint density at radius 3 is 3.00 bits per heavy atom. The van der Waals surface area contributed by atoms with Crippen LogP contribution in [0.15, 0.2) is 30.5 Å². The Kier molecular flexibility index (Phi) is 3.59. The smallest absolute Gasteiger partial charge is 0.123 e. The van der Waals surface area contributed by atoms with E-state index in [-0.39, 0.29) is 5.82 Å². The van der Waals surface area contributed by atoms with Gasteiger partial charge >= 0.3 is 0 Å². The molecule has 0 N–H and O–H groups in total. The number of rotatable bonds is 4. The zero-order chi connectivity index (χ0) is 10.7. The molecule has 0 saturated heterocycles. The molecule has 80 valence electrons. The van der Waals surface area contributed by atoms with Gasteiger partial charge in [0, 0.05) is 29.4 Å². The van der Waals surface area contributed by atoms with E-state index in [4.69, 9.17) is 0 Å². The van der Waals surface area contributed by atoms with E-state index < -0.39 is 0 Å². The van der Waals surface area contributed by atoms with Crippen LogP contribution in [0.3, 0.4) is 0 Å². The van der Waals surface area contributed by atoms with Crippen molar-refractivity contribution >= 4 is 33.4 Å². The standard InChI is InChI=1S/C11H12FNS2/c12-10-2-3-11-9(8-10)4-6-13(11)5-1-7-15-14/h2-4,6,8,14H,1,5,7H2. The molecule has 0 radical (unpaired) electrons. The van der Waals surface area contributed by atoms with Gasteiger partial charge in [-0.25, -0.2) is 4.39 Å². The van der Waals surface area contributed by atoms with Crippen LogP contribution in [0.1, 0.15) is 6.42 Å². The molecule has 0 aliphatic heterocycles. The summed E-state index contributed by atoms with van der Waals surface area (Å²) in [5, 5.41) is 0.966. The minimum absolute atomic E-state index is 0.175. The average molecular weight is 241 g/mol. The molecule has 0 spiro atoms. The summed E-state index contributed by atoms with van der Waals surface area (Å²) >= 11 is 4.10. The van der Waals surface area contributed by atoms with Gasteiger partial charge in [0.15, 0.2) is 0 Å². The van der Waals surface area contributed by atoms with Crippen LogP contribution in [0.2, 0.25) is 0 Å². The maximum Gasteiger partial charge on any atom is 0.123 e. The van der Waals surface area contributed by atoms with Crippen LogP contribution in [-0.2, 0) is 6.54 Å². The van der Waals surface area contributed by atoms with E-state index >= 15 is 0 Å². The molecule has 0 saturated carbocycles. The number of aromatic nitrogens is 1. The maximum atomic E-state index is 12.9. The van der Waals surface area contributed by atoms with Gasteiger partial charge in [0.05, 0.1) is 0 Å². The third-order valence-electron chi connectivity index (χ3n) is 2.37. The van der Waals surface area contributed by atoms with E-state index in [0.717, 1.165) is 29.6 Å². The molecular formula is C11H12FNS2. The fraction of sp³-hybridized carbons (Fsp3) is 0.273. The van der Waals surface area contributed by atoms with E-state index in [0.29, 0.717) is 0 Å². The van der Waals surface area contributed by atoms with Gasteiger partial charge in [-0.3, -0.25) is 0 Å². The second kappa shape index (κ2) is 4.94. The first-order chi connectivity index (χ1) is 7.31. The van der Waals surface area contributed by atoms with Crippen LogP contribution in [0, 0.1) is 5.82 Å². The average Bonchev–Trinajstić information content (AvgIpc) is 2.61. The van der Waals surface area contributed by atoms with Crippen molar-refractivity contribution in [1.29, 1.82) is 0 Å². The maximum absolute atomic E-state index is 12.9. The van der Waals surface area contributed by atoms with Crippen molar-refractivity contribution in [3.8, 4) is 0 Å². The van der Waals surface area contributed by atoms with Gasteiger partial charge in [0.1, 0.15) is 5.82 Å². The molecule has 15 heavy (non-hydrogen) atoms. The topological polar surface area (TPSA) is 4.93 Å². The summed E-state index contributed by atoms with van der Waals surface area (Å²) in [6, 6.07) is 6.86. The number of thiol groups is 1. The molecule has 0 aliphatic carbocycles. The first kappa shape index (κ1) is 10.9. The highest BCUT2D eigenvalue weighted by Gasteiger charge is 2.01. The highest BCUT2D eigenvalue weighted by molar-refractivity contribution is 8.68. The number of nitrogens with zero attached hydrogens (tertiary/aromatic N) is 1. The third-order valence-corrected chi connectivity index (χ3v) is 3.39. The predicted molar refractivity (Wildman–Crippen MR) is 68.0 cm³/mol. The number of halogens is 1. The lowest BCUT2D eigenvalue weighted by Crippen LogP contribution is -1.96. The van der Waals surface area contributed by atoms with Crippen molar-refractivity contribution in [1.82, 2.24) is 4.57 Å². The molecule has 2 aromatic rings. The van der Waals surface area contributed by atoms with Crippen molar-refractivity contribution in [2.24, 2.45) is 0 Å². The van der Waals surface area contributed by atoms with Gasteiger partial charge in [-0.1, -0.05) is 10.8 Å². The van der Waals surface area contributed by atoms with Crippen LogP contribution in [-0.4, -0.2) is 10.3 Å². The van der Waals surface area contributed by atoms with Gasteiger partial charge in [-0.15, -0.1) is 11.7 Å².